The molecule has 1 aromatic rings. The van der Waals surface area contributed by atoms with Crippen molar-refractivity contribution in [3.63, 3.8) is 0 Å². The fourth-order valence-electron chi connectivity index (χ4n) is 3.14. The molecule has 1 N–H and O–H groups in total. The van der Waals surface area contributed by atoms with Gasteiger partial charge in [-0.2, -0.15) is 17.0 Å². The number of aromatic nitrogens is 1. The maximum Gasteiger partial charge on any atom is 0.281 e. The Balaban J connectivity index is 1.62. The molecular weight excluding hydrogens is 332 g/mol. The molecule has 2 aliphatic rings. The van der Waals surface area contributed by atoms with Crippen LogP contribution in [0.5, 0.6) is 0 Å². The van der Waals surface area contributed by atoms with Crippen LogP contribution in [0.4, 0.5) is 0 Å². The molecule has 0 aliphatic carbocycles. The maximum atomic E-state index is 12.5. The molecule has 3 atom stereocenters. The van der Waals surface area contributed by atoms with Crippen LogP contribution >= 0.6 is 0 Å². The summed E-state index contributed by atoms with van der Waals surface area (Å²) in [7, 11) is -0.474. The molecule has 8 nitrogen and oxygen atoms in total. The maximum absolute atomic E-state index is 12.5. The predicted molar refractivity (Wildman–Crippen MR) is 87.0 cm³/mol. The Bertz CT molecular complexity index is 695. The van der Waals surface area contributed by atoms with E-state index in [9.17, 15) is 13.2 Å². The Morgan fingerprint density at radius 1 is 1.46 bits per heavy atom. The minimum atomic E-state index is -3.48. The number of hydrogen-bond donors (Lipinski definition) is 1. The highest BCUT2D eigenvalue weighted by Gasteiger charge is 2.47. The number of fused-ring (bicyclic) bond motifs is 2. The SMILES string of the molecule is CN(C)S(=O)(=O)N1C[C@@H]2C[C@@H](C(=O)NCc3cccnc3)[C@H](C1)O2. The molecule has 1 amide bonds. The van der Waals surface area contributed by atoms with Crippen molar-refractivity contribution < 1.29 is 17.9 Å². The van der Waals surface area contributed by atoms with Gasteiger partial charge in [0.2, 0.25) is 5.91 Å². The minimum Gasteiger partial charge on any atom is -0.371 e. The van der Waals surface area contributed by atoms with Gasteiger partial charge in [-0.1, -0.05) is 6.07 Å². The molecule has 3 rings (SSSR count). The van der Waals surface area contributed by atoms with Gasteiger partial charge < -0.3 is 10.1 Å². The Morgan fingerprint density at radius 2 is 2.25 bits per heavy atom. The lowest BCUT2D eigenvalue weighted by molar-refractivity contribution is -0.127. The quantitative estimate of drug-likeness (QED) is 0.776. The van der Waals surface area contributed by atoms with Crippen LogP contribution in [0.25, 0.3) is 0 Å². The van der Waals surface area contributed by atoms with Gasteiger partial charge in [0.15, 0.2) is 0 Å². The fraction of sp³-hybridized carbons (Fsp3) is 0.600. The molecule has 2 aliphatic heterocycles. The number of rotatable bonds is 5. The molecular formula is C15H22N4O4S. The van der Waals surface area contributed by atoms with Crippen molar-refractivity contribution in [1.29, 1.82) is 0 Å². The van der Waals surface area contributed by atoms with Gasteiger partial charge in [0.1, 0.15) is 0 Å². The molecule has 0 radical (unpaired) electrons. The van der Waals surface area contributed by atoms with Crippen molar-refractivity contribution in [2.45, 2.75) is 25.2 Å². The third-order valence-corrected chi connectivity index (χ3v) is 6.31. The Labute approximate surface area is 142 Å². The van der Waals surface area contributed by atoms with E-state index in [2.05, 4.69) is 10.3 Å². The summed E-state index contributed by atoms with van der Waals surface area (Å²) in [5.41, 5.74) is 0.921. The van der Waals surface area contributed by atoms with Crippen molar-refractivity contribution >= 4 is 16.1 Å². The zero-order valence-corrected chi connectivity index (χ0v) is 14.6. The second kappa shape index (κ2) is 6.75. The van der Waals surface area contributed by atoms with Crippen LogP contribution in [0.2, 0.25) is 0 Å². The Kier molecular flexibility index (Phi) is 4.86. The van der Waals surface area contributed by atoms with Crippen molar-refractivity contribution in [3.05, 3.63) is 30.1 Å². The molecule has 24 heavy (non-hydrogen) atoms. The fourth-order valence-corrected chi connectivity index (χ4v) is 4.29. The van der Waals surface area contributed by atoms with Gasteiger partial charge in [-0.3, -0.25) is 9.78 Å². The van der Waals surface area contributed by atoms with Crippen LogP contribution in [0, 0.1) is 5.92 Å². The second-order valence-electron chi connectivity index (χ2n) is 6.32. The number of hydrogen-bond acceptors (Lipinski definition) is 5. The lowest BCUT2D eigenvalue weighted by atomic mass is 9.99. The third kappa shape index (κ3) is 3.44. The summed E-state index contributed by atoms with van der Waals surface area (Å²) in [6, 6.07) is 3.71. The van der Waals surface area contributed by atoms with E-state index in [0.29, 0.717) is 19.5 Å². The average molecular weight is 354 g/mol. The first-order valence-electron chi connectivity index (χ1n) is 7.87. The molecule has 0 saturated carbocycles. The zero-order valence-electron chi connectivity index (χ0n) is 13.8. The van der Waals surface area contributed by atoms with Crippen LogP contribution in [-0.2, 0) is 26.3 Å². The van der Waals surface area contributed by atoms with Gasteiger partial charge in [-0.25, -0.2) is 0 Å². The summed E-state index contributed by atoms with van der Waals surface area (Å²) < 4.78 is 32.9. The first kappa shape index (κ1) is 17.3. The number of amides is 1. The molecule has 2 bridgehead atoms. The Morgan fingerprint density at radius 3 is 2.92 bits per heavy atom. The van der Waals surface area contributed by atoms with Crippen LogP contribution < -0.4 is 5.32 Å². The molecule has 2 fully saturated rings. The monoisotopic (exact) mass is 354 g/mol. The molecule has 0 unspecified atom stereocenters. The number of carbonyl (C=O) groups is 1. The summed E-state index contributed by atoms with van der Waals surface area (Å²) in [5, 5.41) is 2.89. The van der Waals surface area contributed by atoms with Gasteiger partial charge in [0, 0.05) is 46.1 Å². The van der Waals surface area contributed by atoms with E-state index in [4.69, 9.17) is 4.74 Å². The lowest BCUT2D eigenvalue weighted by Gasteiger charge is -2.33. The van der Waals surface area contributed by atoms with Gasteiger partial charge in [0.25, 0.3) is 10.2 Å². The van der Waals surface area contributed by atoms with E-state index in [1.54, 1.807) is 12.4 Å². The summed E-state index contributed by atoms with van der Waals surface area (Å²) in [4.78, 5) is 16.5. The summed E-state index contributed by atoms with van der Waals surface area (Å²) in [6.07, 6.45) is 3.30. The highest BCUT2D eigenvalue weighted by molar-refractivity contribution is 7.86. The molecule has 0 spiro atoms. The van der Waals surface area contributed by atoms with Crippen LogP contribution in [0.1, 0.15) is 12.0 Å². The molecule has 3 heterocycles. The number of carbonyl (C=O) groups excluding carboxylic acids is 1. The first-order valence-corrected chi connectivity index (χ1v) is 9.27. The van der Waals surface area contributed by atoms with E-state index in [0.717, 1.165) is 5.56 Å². The number of pyridine rings is 1. The molecule has 1 aromatic heterocycles. The van der Waals surface area contributed by atoms with Gasteiger partial charge in [-0.05, 0) is 18.1 Å². The van der Waals surface area contributed by atoms with Crippen molar-refractivity contribution in [2.75, 3.05) is 27.2 Å². The van der Waals surface area contributed by atoms with E-state index in [1.165, 1.54) is 22.7 Å². The van der Waals surface area contributed by atoms with Gasteiger partial charge in [0.05, 0.1) is 18.1 Å². The van der Waals surface area contributed by atoms with E-state index < -0.39 is 16.3 Å². The smallest absolute Gasteiger partial charge is 0.281 e. The first-order chi connectivity index (χ1) is 11.4. The van der Waals surface area contributed by atoms with E-state index >= 15 is 0 Å². The van der Waals surface area contributed by atoms with Crippen LogP contribution in [0.3, 0.4) is 0 Å². The van der Waals surface area contributed by atoms with E-state index in [-0.39, 0.29) is 24.5 Å². The largest absolute Gasteiger partial charge is 0.371 e. The topological polar surface area (TPSA) is 91.8 Å². The molecule has 9 heteroatoms. The highest BCUT2D eigenvalue weighted by Crippen LogP contribution is 2.33. The second-order valence-corrected chi connectivity index (χ2v) is 8.47. The number of ether oxygens (including phenoxy) is 1. The molecule has 0 aromatic carbocycles. The zero-order chi connectivity index (χ0) is 17.3. The third-order valence-electron chi connectivity index (χ3n) is 4.44. The van der Waals surface area contributed by atoms with E-state index in [1.807, 2.05) is 12.1 Å². The summed E-state index contributed by atoms with van der Waals surface area (Å²) >= 11 is 0. The number of morpholine rings is 1. The Hall–Kier alpha value is -1.55. The summed E-state index contributed by atoms with van der Waals surface area (Å²) in [6.45, 7) is 0.908. The molecule has 132 valence electrons. The average Bonchev–Trinajstić information content (AvgIpc) is 2.87. The molecule has 2 saturated heterocycles. The lowest BCUT2D eigenvalue weighted by Crippen LogP contribution is -2.51. The number of nitrogens with zero attached hydrogens (tertiary/aromatic N) is 3. The van der Waals surface area contributed by atoms with Crippen LogP contribution in [-0.4, -0.2) is 67.3 Å². The van der Waals surface area contributed by atoms with Crippen molar-refractivity contribution in [1.82, 2.24) is 18.9 Å². The summed E-state index contributed by atoms with van der Waals surface area (Å²) in [5.74, 6) is -0.426. The standard InChI is InChI=1S/C15H22N4O4S/c1-18(2)24(21,22)19-9-12-6-13(14(10-19)23-12)15(20)17-8-11-4-3-5-16-7-11/h3-5,7,12-14H,6,8-10H2,1-2H3,(H,17,20)/t12-,13+,14-/m0/s1. The predicted octanol–water partition coefficient (Wildman–Crippen LogP) is -0.406. The van der Waals surface area contributed by atoms with Gasteiger partial charge in [-0.15, -0.1) is 0 Å². The number of nitrogens with one attached hydrogen (secondary N) is 1. The highest BCUT2D eigenvalue weighted by atomic mass is 32.2. The minimum absolute atomic E-state index is 0.101. The van der Waals surface area contributed by atoms with Gasteiger partial charge >= 0.3 is 0 Å². The van der Waals surface area contributed by atoms with Crippen LogP contribution in [0.15, 0.2) is 24.5 Å². The van der Waals surface area contributed by atoms with Crippen molar-refractivity contribution in [3.8, 4) is 0 Å². The van der Waals surface area contributed by atoms with Crippen molar-refractivity contribution in [2.24, 2.45) is 5.92 Å². The normalized spacial score (nSPS) is 27.4.